The van der Waals surface area contributed by atoms with Crippen molar-refractivity contribution < 1.29 is 4.74 Å². The number of halogens is 1. The van der Waals surface area contributed by atoms with Crippen molar-refractivity contribution in [2.24, 2.45) is 0 Å². The fraction of sp³-hybridized carbons (Fsp3) is 0.357. The Kier molecular flexibility index (Phi) is 4.47. The maximum Gasteiger partial charge on any atom is 0.135 e. The zero-order chi connectivity index (χ0) is 13.8. The molecule has 2 rings (SSSR count). The lowest BCUT2D eigenvalue weighted by atomic mass is 10.2. The highest BCUT2D eigenvalue weighted by Gasteiger charge is 2.09. The van der Waals surface area contributed by atoms with E-state index in [9.17, 15) is 0 Å². The highest BCUT2D eigenvalue weighted by Crippen LogP contribution is 2.29. The molecule has 0 saturated carbocycles. The van der Waals surface area contributed by atoms with Crippen molar-refractivity contribution in [2.75, 3.05) is 12.4 Å². The van der Waals surface area contributed by atoms with E-state index in [1.165, 1.54) is 5.56 Å². The molecule has 0 aliphatic rings. The van der Waals surface area contributed by atoms with Crippen LogP contribution in [0, 0.1) is 0 Å². The van der Waals surface area contributed by atoms with E-state index in [1.54, 1.807) is 7.11 Å². The van der Waals surface area contributed by atoms with E-state index in [1.807, 2.05) is 29.1 Å². The van der Waals surface area contributed by atoms with Gasteiger partial charge in [-0.3, -0.25) is 4.68 Å². The van der Waals surface area contributed by atoms with E-state index in [0.717, 1.165) is 22.5 Å². The number of hydrogen-bond acceptors (Lipinski definition) is 3. The van der Waals surface area contributed by atoms with Gasteiger partial charge in [0.1, 0.15) is 5.75 Å². The normalized spacial score (nSPS) is 12.2. The zero-order valence-corrected chi connectivity index (χ0v) is 12.9. The molecule has 2 aromatic rings. The molecule has 1 N–H and O–H groups in total. The van der Waals surface area contributed by atoms with Gasteiger partial charge < -0.3 is 10.1 Å². The summed E-state index contributed by atoms with van der Waals surface area (Å²) in [5.74, 6) is 0.821. The molecule has 0 saturated heterocycles. The highest BCUT2D eigenvalue weighted by atomic mass is 79.9. The van der Waals surface area contributed by atoms with Gasteiger partial charge in [0, 0.05) is 30.1 Å². The number of rotatable bonds is 5. The van der Waals surface area contributed by atoms with E-state index in [4.69, 9.17) is 4.74 Å². The molecule has 1 unspecified atom stereocenters. The molecule has 4 nitrogen and oxygen atoms in total. The largest absolute Gasteiger partial charge is 0.495 e. The molecule has 1 atom stereocenters. The van der Waals surface area contributed by atoms with Crippen molar-refractivity contribution in [2.45, 2.75) is 26.4 Å². The number of anilines is 1. The SMILES string of the molecule is CCn1cc(C(C)Nc2ccc(Br)c(OC)c2)cn1. The average Bonchev–Trinajstić information content (AvgIpc) is 2.90. The van der Waals surface area contributed by atoms with Crippen molar-refractivity contribution in [3.05, 3.63) is 40.6 Å². The van der Waals surface area contributed by atoms with Crippen LogP contribution in [0.4, 0.5) is 5.69 Å². The maximum atomic E-state index is 5.29. The minimum atomic E-state index is 0.200. The second kappa shape index (κ2) is 6.10. The number of methoxy groups -OCH3 is 1. The topological polar surface area (TPSA) is 39.1 Å². The first-order valence-electron chi connectivity index (χ1n) is 6.26. The molecule has 102 valence electrons. The van der Waals surface area contributed by atoms with Crippen LogP contribution in [0.15, 0.2) is 35.1 Å². The lowest BCUT2D eigenvalue weighted by Crippen LogP contribution is -2.06. The Morgan fingerprint density at radius 3 is 2.89 bits per heavy atom. The molecule has 0 aliphatic carbocycles. The molecule has 0 bridgehead atoms. The molecular weight excluding hydrogens is 306 g/mol. The van der Waals surface area contributed by atoms with Crippen molar-refractivity contribution in [3.8, 4) is 5.75 Å². The van der Waals surface area contributed by atoms with Crippen molar-refractivity contribution in [3.63, 3.8) is 0 Å². The zero-order valence-electron chi connectivity index (χ0n) is 11.4. The van der Waals surface area contributed by atoms with Crippen LogP contribution in [0.2, 0.25) is 0 Å². The second-order valence-corrected chi connectivity index (χ2v) is 5.20. The third-order valence-corrected chi connectivity index (χ3v) is 3.67. The Hall–Kier alpha value is -1.49. The molecule has 1 heterocycles. The van der Waals surface area contributed by atoms with Gasteiger partial charge in [0.2, 0.25) is 0 Å². The number of benzene rings is 1. The van der Waals surface area contributed by atoms with E-state index >= 15 is 0 Å². The van der Waals surface area contributed by atoms with E-state index < -0.39 is 0 Å². The van der Waals surface area contributed by atoms with Gasteiger partial charge in [-0.2, -0.15) is 5.10 Å². The second-order valence-electron chi connectivity index (χ2n) is 4.34. The minimum Gasteiger partial charge on any atom is -0.495 e. The molecule has 1 aromatic carbocycles. The van der Waals surface area contributed by atoms with Crippen LogP contribution < -0.4 is 10.1 Å². The third kappa shape index (κ3) is 3.29. The Labute approximate surface area is 121 Å². The summed E-state index contributed by atoms with van der Waals surface area (Å²) in [6.45, 7) is 5.08. The first-order valence-corrected chi connectivity index (χ1v) is 7.05. The first-order chi connectivity index (χ1) is 9.13. The summed E-state index contributed by atoms with van der Waals surface area (Å²) >= 11 is 3.45. The number of aryl methyl sites for hydroxylation is 1. The van der Waals surface area contributed by atoms with Crippen LogP contribution >= 0.6 is 15.9 Å². The van der Waals surface area contributed by atoms with E-state index in [2.05, 4.69) is 46.4 Å². The van der Waals surface area contributed by atoms with Gasteiger partial charge in [-0.05, 0) is 41.9 Å². The first kappa shape index (κ1) is 13.9. The molecule has 0 amide bonds. The molecule has 19 heavy (non-hydrogen) atoms. The maximum absolute atomic E-state index is 5.29. The monoisotopic (exact) mass is 323 g/mol. The van der Waals surface area contributed by atoms with Crippen LogP contribution in [-0.2, 0) is 6.54 Å². The predicted molar refractivity (Wildman–Crippen MR) is 80.6 cm³/mol. The fourth-order valence-corrected chi connectivity index (χ4v) is 2.27. The van der Waals surface area contributed by atoms with Crippen LogP contribution in [0.3, 0.4) is 0 Å². The van der Waals surface area contributed by atoms with Crippen LogP contribution in [-0.4, -0.2) is 16.9 Å². The summed E-state index contributed by atoms with van der Waals surface area (Å²) in [6, 6.07) is 6.17. The number of ether oxygens (including phenoxy) is 1. The van der Waals surface area contributed by atoms with Crippen molar-refractivity contribution in [1.29, 1.82) is 0 Å². The Morgan fingerprint density at radius 2 is 2.26 bits per heavy atom. The Balaban J connectivity index is 2.11. The molecular formula is C14H18BrN3O. The van der Waals surface area contributed by atoms with Crippen LogP contribution in [0.25, 0.3) is 0 Å². The minimum absolute atomic E-state index is 0.200. The molecule has 5 heteroatoms. The standard InChI is InChI=1S/C14H18BrN3O/c1-4-18-9-11(8-16-18)10(2)17-12-5-6-13(15)14(7-12)19-3/h5-10,17H,4H2,1-3H3. The summed E-state index contributed by atoms with van der Waals surface area (Å²) in [6.07, 6.45) is 3.96. The van der Waals surface area contributed by atoms with Crippen molar-refractivity contribution in [1.82, 2.24) is 9.78 Å². The predicted octanol–water partition coefficient (Wildman–Crippen LogP) is 3.85. The van der Waals surface area contributed by atoms with Gasteiger partial charge in [-0.15, -0.1) is 0 Å². The smallest absolute Gasteiger partial charge is 0.135 e. The van der Waals surface area contributed by atoms with Gasteiger partial charge in [0.05, 0.1) is 23.8 Å². The van der Waals surface area contributed by atoms with Crippen molar-refractivity contribution >= 4 is 21.6 Å². The van der Waals surface area contributed by atoms with Crippen LogP contribution in [0.5, 0.6) is 5.75 Å². The Bertz CT molecular complexity index is 553. The molecule has 0 spiro atoms. The van der Waals surface area contributed by atoms with E-state index in [0.29, 0.717) is 0 Å². The summed E-state index contributed by atoms with van der Waals surface area (Å²) in [5.41, 5.74) is 2.19. The molecule has 0 radical (unpaired) electrons. The summed E-state index contributed by atoms with van der Waals surface area (Å²) in [4.78, 5) is 0. The number of hydrogen-bond donors (Lipinski definition) is 1. The van der Waals surface area contributed by atoms with Gasteiger partial charge >= 0.3 is 0 Å². The Morgan fingerprint density at radius 1 is 1.47 bits per heavy atom. The lowest BCUT2D eigenvalue weighted by Gasteiger charge is -2.15. The summed E-state index contributed by atoms with van der Waals surface area (Å²) < 4.78 is 8.17. The van der Waals surface area contributed by atoms with E-state index in [-0.39, 0.29) is 6.04 Å². The number of nitrogens with zero attached hydrogens (tertiary/aromatic N) is 2. The fourth-order valence-electron chi connectivity index (χ4n) is 1.86. The molecule has 0 aliphatic heterocycles. The molecule has 1 aromatic heterocycles. The van der Waals surface area contributed by atoms with Gasteiger partial charge in [-0.25, -0.2) is 0 Å². The summed E-state index contributed by atoms with van der Waals surface area (Å²) in [7, 11) is 1.67. The highest BCUT2D eigenvalue weighted by molar-refractivity contribution is 9.10. The summed E-state index contributed by atoms with van der Waals surface area (Å²) in [5, 5.41) is 7.73. The lowest BCUT2D eigenvalue weighted by molar-refractivity contribution is 0.412. The quantitative estimate of drug-likeness (QED) is 0.908. The van der Waals surface area contributed by atoms with Gasteiger partial charge in [0.25, 0.3) is 0 Å². The number of aromatic nitrogens is 2. The third-order valence-electron chi connectivity index (χ3n) is 3.01. The van der Waals surface area contributed by atoms with Crippen LogP contribution in [0.1, 0.15) is 25.5 Å². The number of nitrogens with one attached hydrogen (secondary N) is 1. The average molecular weight is 324 g/mol. The van der Waals surface area contributed by atoms with Gasteiger partial charge in [-0.1, -0.05) is 0 Å². The van der Waals surface area contributed by atoms with Gasteiger partial charge in [0.15, 0.2) is 0 Å². The molecule has 0 fully saturated rings.